The Balaban J connectivity index is 1.82. The molecule has 4 fully saturated rings. The Morgan fingerprint density at radius 3 is 1.94 bits per heavy atom. The minimum Gasteiger partial charge on any atom is -0.328 e. The van der Waals surface area contributed by atoms with Crippen molar-refractivity contribution in [3.63, 3.8) is 0 Å². The highest BCUT2D eigenvalue weighted by molar-refractivity contribution is 7.92. The average Bonchev–Trinajstić information content (AvgIpc) is 2.24. The molecule has 0 radical (unpaired) electrons. The average molecular weight is 271 g/mol. The lowest BCUT2D eigenvalue weighted by molar-refractivity contribution is 0.0339. The third-order valence-electron chi connectivity index (χ3n) is 5.48. The van der Waals surface area contributed by atoms with Gasteiger partial charge in [-0.2, -0.15) is 0 Å². The number of nitrogens with two attached hydrogens (primary N) is 1. The lowest BCUT2D eigenvalue weighted by Gasteiger charge is -2.56. The van der Waals surface area contributed by atoms with Crippen LogP contribution in [0.5, 0.6) is 0 Å². The van der Waals surface area contributed by atoms with Gasteiger partial charge in [0.1, 0.15) is 0 Å². The van der Waals surface area contributed by atoms with E-state index < -0.39 is 9.84 Å². The van der Waals surface area contributed by atoms with Crippen LogP contribution in [0.3, 0.4) is 0 Å². The second kappa shape index (κ2) is 4.20. The summed E-state index contributed by atoms with van der Waals surface area (Å²) in [5.41, 5.74) is 5.73. The van der Waals surface area contributed by atoms with E-state index in [-0.39, 0.29) is 10.8 Å². The first-order valence-corrected chi connectivity index (χ1v) is 9.03. The predicted octanol–water partition coefficient (Wildman–Crippen LogP) is 2.11. The van der Waals surface area contributed by atoms with Crippen molar-refractivity contribution in [2.45, 2.75) is 62.7 Å². The SMILES string of the molecule is CC(N)CCS(=O)(=O)C12CC3CC(CC(C3)C1)C2. The van der Waals surface area contributed by atoms with Gasteiger partial charge in [-0.05, 0) is 69.6 Å². The van der Waals surface area contributed by atoms with E-state index in [1.165, 1.54) is 19.3 Å². The van der Waals surface area contributed by atoms with E-state index in [2.05, 4.69) is 0 Å². The third kappa shape index (κ3) is 2.01. The molecule has 4 aliphatic rings. The highest BCUT2D eigenvalue weighted by Crippen LogP contribution is 2.58. The molecule has 4 aliphatic carbocycles. The van der Waals surface area contributed by atoms with E-state index in [1.54, 1.807) is 0 Å². The van der Waals surface area contributed by atoms with Gasteiger partial charge < -0.3 is 5.73 Å². The minimum absolute atomic E-state index is 0.00584. The Morgan fingerprint density at radius 1 is 1.11 bits per heavy atom. The maximum atomic E-state index is 12.7. The molecule has 1 unspecified atom stereocenters. The Kier molecular flexibility index (Phi) is 3.02. The normalized spacial score (nSPS) is 44.2. The van der Waals surface area contributed by atoms with Crippen LogP contribution >= 0.6 is 0 Å². The topological polar surface area (TPSA) is 60.2 Å². The van der Waals surface area contributed by atoms with Gasteiger partial charge in [0, 0.05) is 6.04 Å². The third-order valence-corrected chi connectivity index (χ3v) is 8.08. The van der Waals surface area contributed by atoms with Crippen molar-refractivity contribution in [2.75, 3.05) is 5.75 Å². The summed E-state index contributed by atoms with van der Waals surface area (Å²) < 4.78 is 25.1. The van der Waals surface area contributed by atoms with Gasteiger partial charge in [0.05, 0.1) is 10.5 Å². The van der Waals surface area contributed by atoms with Gasteiger partial charge in [0.25, 0.3) is 0 Å². The fourth-order valence-corrected chi connectivity index (χ4v) is 7.55. The van der Waals surface area contributed by atoms with E-state index in [9.17, 15) is 8.42 Å². The molecule has 0 aromatic carbocycles. The zero-order valence-corrected chi connectivity index (χ0v) is 12.1. The van der Waals surface area contributed by atoms with Crippen LogP contribution in [0.25, 0.3) is 0 Å². The van der Waals surface area contributed by atoms with Crippen molar-refractivity contribution >= 4 is 9.84 Å². The summed E-state index contributed by atoms with van der Waals surface area (Å²) in [6.45, 7) is 1.90. The Morgan fingerprint density at radius 2 is 1.56 bits per heavy atom. The van der Waals surface area contributed by atoms with Gasteiger partial charge in [-0.1, -0.05) is 0 Å². The van der Waals surface area contributed by atoms with E-state index >= 15 is 0 Å². The highest BCUT2D eigenvalue weighted by atomic mass is 32.2. The van der Waals surface area contributed by atoms with Crippen LogP contribution < -0.4 is 5.73 Å². The summed E-state index contributed by atoms with van der Waals surface area (Å²) in [5, 5.41) is 0. The van der Waals surface area contributed by atoms with Crippen LogP contribution in [0.2, 0.25) is 0 Å². The van der Waals surface area contributed by atoms with Gasteiger partial charge >= 0.3 is 0 Å². The first-order valence-electron chi connectivity index (χ1n) is 7.38. The molecule has 18 heavy (non-hydrogen) atoms. The van der Waals surface area contributed by atoms with Crippen LogP contribution in [-0.4, -0.2) is 25.0 Å². The van der Waals surface area contributed by atoms with Crippen molar-refractivity contribution < 1.29 is 8.42 Å². The van der Waals surface area contributed by atoms with E-state index in [0.717, 1.165) is 19.3 Å². The molecule has 1 atom stereocenters. The van der Waals surface area contributed by atoms with Crippen LogP contribution in [0.1, 0.15) is 51.9 Å². The van der Waals surface area contributed by atoms with Crippen molar-refractivity contribution in [3.8, 4) is 0 Å². The summed E-state index contributed by atoms with van der Waals surface area (Å²) in [6, 6.07) is -0.00584. The number of hydrogen-bond donors (Lipinski definition) is 1. The fraction of sp³-hybridized carbons (Fsp3) is 1.00. The first-order chi connectivity index (χ1) is 8.40. The second-order valence-electron chi connectivity index (χ2n) is 7.19. The molecular formula is C14H25NO2S. The molecule has 4 heteroatoms. The molecule has 3 nitrogen and oxygen atoms in total. The number of sulfone groups is 1. The van der Waals surface area contributed by atoms with Gasteiger partial charge in [-0.25, -0.2) is 8.42 Å². The van der Waals surface area contributed by atoms with Crippen molar-refractivity contribution in [3.05, 3.63) is 0 Å². The first kappa shape index (κ1) is 12.9. The molecule has 0 amide bonds. The summed E-state index contributed by atoms with van der Waals surface area (Å²) in [6.07, 6.45) is 7.33. The second-order valence-corrected chi connectivity index (χ2v) is 9.69. The lowest BCUT2D eigenvalue weighted by Crippen LogP contribution is -2.55. The maximum Gasteiger partial charge on any atom is 0.156 e. The summed E-state index contributed by atoms with van der Waals surface area (Å²) in [4.78, 5) is 0. The quantitative estimate of drug-likeness (QED) is 0.852. The molecule has 4 bridgehead atoms. The largest absolute Gasteiger partial charge is 0.328 e. The Hall–Kier alpha value is -0.0900. The van der Waals surface area contributed by atoms with E-state index in [0.29, 0.717) is 29.9 Å². The van der Waals surface area contributed by atoms with Gasteiger partial charge in [0.2, 0.25) is 0 Å². The van der Waals surface area contributed by atoms with Crippen molar-refractivity contribution in [1.29, 1.82) is 0 Å². The molecule has 2 N–H and O–H groups in total. The molecule has 0 aromatic heterocycles. The summed E-state index contributed by atoms with van der Waals surface area (Å²) in [5.74, 6) is 2.39. The summed E-state index contributed by atoms with van der Waals surface area (Å²) >= 11 is 0. The standard InChI is InChI=1S/C14H25NO2S/c1-10(15)2-3-18(16,17)14-7-11-4-12(8-14)6-13(5-11)9-14/h10-13H,2-9,15H2,1H3. The van der Waals surface area contributed by atoms with Gasteiger partial charge in [-0.15, -0.1) is 0 Å². The van der Waals surface area contributed by atoms with Gasteiger partial charge in [0.15, 0.2) is 9.84 Å². The van der Waals surface area contributed by atoms with E-state index in [1.807, 2.05) is 6.92 Å². The molecule has 0 spiro atoms. The highest BCUT2D eigenvalue weighted by Gasteiger charge is 2.56. The Labute approximate surface area is 110 Å². The Bertz CT molecular complexity index is 392. The molecule has 104 valence electrons. The molecule has 4 saturated carbocycles. The van der Waals surface area contributed by atoms with Crippen molar-refractivity contribution in [1.82, 2.24) is 0 Å². The minimum atomic E-state index is -2.95. The van der Waals surface area contributed by atoms with Crippen LogP contribution in [-0.2, 0) is 9.84 Å². The molecular weight excluding hydrogens is 246 g/mol. The molecule has 0 aliphatic heterocycles. The zero-order valence-electron chi connectivity index (χ0n) is 11.3. The lowest BCUT2D eigenvalue weighted by atomic mass is 9.56. The molecule has 4 rings (SSSR count). The monoisotopic (exact) mass is 271 g/mol. The molecule has 0 aromatic rings. The molecule has 0 heterocycles. The zero-order chi connectivity index (χ0) is 13.0. The van der Waals surface area contributed by atoms with E-state index in [4.69, 9.17) is 5.73 Å². The smallest absolute Gasteiger partial charge is 0.156 e. The number of hydrogen-bond acceptors (Lipinski definition) is 3. The van der Waals surface area contributed by atoms with Crippen LogP contribution in [0.15, 0.2) is 0 Å². The fourth-order valence-electron chi connectivity index (χ4n) is 4.97. The number of rotatable bonds is 4. The predicted molar refractivity (Wildman–Crippen MR) is 73.0 cm³/mol. The molecule has 0 saturated heterocycles. The maximum absolute atomic E-state index is 12.7. The van der Waals surface area contributed by atoms with Gasteiger partial charge in [-0.3, -0.25) is 0 Å². The van der Waals surface area contributed by atoms with Crippen molar-refractivity contribution in [2.24, 2.45) is 23.5 Å². The van der Waals surface area contributed by atoms with Crippen LogP contribution in [0.4, 0.5) is 0 Å². The summed E-state index contributed by atoms with van der Waals surface area (Å²) in [7, 11) is -2.95. The van der Waals surface area contributed by atoms with Crippen LogP contribution in [0, 0.1) is 17.8 Å².